The van der Waals surface area contributed by atoms with E-state index < -0.39 is 5.97 Å². The van der Waals surface area contributed by atoms with Crippen LogP contribution in [0, 0.1) is 0 Å². The number of carboxylic acids is 1. The number of unbranched alkanes of at least 4 members (excludes halogenated alkanes) is 1. The van der Waals surface area contributed by atoms with Crippen LogP contribution in [-0.2, 0) is 4.79 Å². The van der Waals surface area contributed by atoms with E-state index in [0.29, 0.717) is 19.4 Å². The van der Waals surface area contributed by atoms with Crippen LogP contribution in [0.2, 0.25) is 0 Å². The van der Waals surface area contributed by atoms with Gasteiger partial charge in [0.05, 0.1) is 11.8 Å². The molecule has 1 aromatic heterocycles. The molecule has 1 aromatic rings. The van der Waals surface area contributed by atoms with Gasteiger partial charge in [0.2, 0.25) is 0 Å². The summed E-state index contributed by atoms with van der Waals surface area (Å²) in [7, 11) is 0. The predicted octanol–water partition coefficient (Wildman–Crippen LogP) is 0.772. The molecule has 0 radical (unpaired) electrons. The minimum Gasteiger partial charge on any atom is -0.506 e. The van der Waals surface area contributed by atoms with E-state index in [9.17, 15) is 9.59 Å². The smallest absolute Gasteiger partial charge is 0.303 e. The maximum absolute atomic E-state index is 11.5. The van der Waals surface area contributed by atoms with Crippen LogP contribution in [0.3, 0.4) is 0 Å². The Morgan fingerprint density at radius 2 is 2.06 bits per heavy atom. The molecule has 92 valence electrons. The normalized spacial score (nSPS) is 9.88. The maximum atomic E-state index is 11.5. The predicted molar refractivity (Wildman–Crippen MR) is 59.7 cm³/mol. The van der Waals surface area contributed by atoms with Gasteiger partial charge in [0, 0.05) is 19.2 Å². The van der Waals surface area contributed by atoms with Gasteiger partial charge in [0.1, 0.15) is 5.75 Å². The van der Waals surface area contributed by atoms with Gasteiger partial charge in [-0.3, -0.25) is 14.6 Å². The van der Waals surface area contributed by atoms with Crippen molar-refractivity contribution >= 4 is 11.9 Å². The first-order chi connectivity index (χ1) is 8.09. The number of hydrogen-bond acceptors (Lipinski definition) is 4. The van der Waals surface area contributed by atoms with E-state index in [1.165, 1.54) is 18.5 Å². The summed E-state index contributed by atoms with van der Waals surface area (Å²) in [4.78, 5) is 25.4. The zero-order valence-corrected chi connectivity index (χ0v) is 9.22. The molecule has 1 heterocycles. The molecule has 0 saturated heterocycles. The van der Waals surface area contributed by atoms with Gasteiger partial charge in [0.25, 0.3) is 5.91 Å². The van der Waals surface area contributed by atoms with Gasteiger partial charge in [-0.2, -0.15) is 0 Å². The Balaban J connectivity index is 2.28. The lowest BCUT2D eigenvalue weighted by molar-refractivity contribution is -0.137. The molecule has 0 bridgehead atoms. The summed E-state index contributed by atoms with van der Waals surface area (Å²) in [6, 6.07) is 1.32. The Bertz CT molecular complexity index is 406. The van der Waals surface area contributed by atoms with Crippen molar-refractivity contribution in [3.05, 3.63) is 24.0 Å². The molecule has 17 heavy (non-hydrogen) atoms. The molecule has 0 atom stereocenters. The minimum atomic E-state index is -0.839. The molecule has 1 rings (SSSR count). The molecule has 0 aliphatic carbocycles. The fourth-order valence-electron chi connectivity index (χ4n) is 1.26. The molecule has 0 saturated carbocycles. The highest BCUT2D eigenvalue weighted by Crippen LogP contribution is 2.08. The largest absolute Gasteiger partial charge is 0.506 e. The van der Waals surface area contributed by atoms with Crippen molar-refractivity contribution in [3.8, 4) is 5.75 Å². The number of rotatable bonds is 6. The standard InChI is InChI=1S/C11H14N2O4/c14-9-5-8(6-12-7-9)11(17)13-4-2-1-3-10(15)16/h5-7,14H,1-4H2,(H,13,17)(H,15,16). The average molecular weight is 238 g/mol. The van der Waals surface area contributed by atoms with Crippen molar-refractivity contribution in [1.82, 2.24) is 10.3 Å². The number of aliphatic carboxylic acids is 1. The molecule has 0 fully saturated rings. The summed E-state index contributed by atoms with van der Waals surface area (Å²) in [6.45, 7) is 0.405. The maximum Gasteiger partial charge on any atom is 0.303 e. The summed E-state index contributed by atoms with van der Waals surface area (Å²) >= 11 is 0. The number of nitrogens with zero attached hydrogens (tertiary/aromatic N) is 1. The second kappa shape index (κ2) is 6.47. The van der Waals surface area contributed by atoms with Crippen molar-refractivity contribution in [1.29, 1.82) is 0 Å². The van der Waals surface area contributed by atoms with E-state index in [4.69, 9.17) is 10.2 Å². The molecule has 3 N–H and O–H groups in total. The second-order valence-corrected chi connectivity index (χ2v) is 3.54. The van der Waals surface area contributed by atoms with Crippen molar-refractivity contribution in [3.63, 3.8) is 0 Å². The third kappa shape index (κ3) is 4.96. The number of carboxylic acid groups (broad SMARTS) is 1. The van der Waals surface area contributed by atoms with Crippen LogP contribution in [0.1, 0.15) is 29.6 Å². The number of carbonyl (C=O) groups is 2. The molecule has 6 nitrogen and oxygen atoms in total. The number of pyridine rings is 1. The van der Waals surface area contributed by atoms with Gasteiger partial charge >= 0.3 is 5.97 Å². The van der Waals surface area contributed by atoms with Crippen LogP contribution in [0.5, 0.6) is 5.75 Å². The quantitative estimate of drug-likeness (QED) is 0.636. The van der Waals surface area contributed by atoms with Crippen molar-refractivity contribution in [2.75, 3.05) is 6.54 Å². The Labute approximate surface area is 98.3 Å². The van der Waals surface area contributed by atoms with E-state index in [2.05, 4.69) is 10.3 Å². The lowest BCUT2D eigenvalue weighted by Crippen LogP contribution is -2.24. The van der Waals surface area contributed by atoms with E-state index in [0.717, 1.165) is 0 Å². The highest BCUT2D eigenvalue weighted by molar-refractivity contribution is 5.94. The van der Waals surface area contributed by atoms with Crippen molar-refractivity contribution in [2.45, 2.75) is 19.3 Å². The molecule has 0 aromatic carbocycles. The summed E-state index contributed by atoms with van der Waals surface area (Å²) in [5.41, 5.74) is 0.281. The zero-order valence-electron chi connectivity index (χ0n) is 9.22. The van der Waals surface area contributed by atoms with Gasteiger partial charge < -0.3 is 15.5 Å². The minimum absolute atomic E-state index is 0.0662. The number of amides is 1. The van der Waals surface area contributed by atoms with Gasteiger partial charge in [-0.25, -0.2) is 0 Å². The van der Waals surface area contributed by atoms with Crippen LogP contribution in [-0.4, -0.2) is 33.6 Å². The molecule has 1 amide bonds. The van der Waals surface area contributed by atoms with Crippen LogP contribution < -0.4 is 5.32 Å². The Hall–Kier alpha value is -2.11. The number of hydrogen-bond donors (Lipinski definition) is 3. The van der Waals surface area contributed by atoms with Gasteiger partial charge in [-0.05, 0) is 18.9 Å². The lowest BCUT2D eigenvalue weighted by Gasteiger charge is -2.04. The molecule has 0 aliphatic rings. The van der Waals surface area contributed by atoms with E-state index in [-0.39, 0.29) is 23.6 Å². The van der Waals surface area contributed by atoms with Crippen LogP contribution in [0.25, 0.3) is 0 Å². The number of aromatic nitrogens is 1. The molecule has 0 unspecified atom stereocenters. The molecular weight excluding hydrogens is 224 g/mol. The van der Waals surface area contributed by atoms with E-state index >= 15 is 0 Å². The molecular formula is C11H14N2O4. The fraction of sp³-hybridized carbons (Fsp3) is 0.364. The first kappa shape index (κ1) is 13.0. The Morgan fingerprint density at radius 3 is 2.71 bits per heavy atom. The first-order valence-electron chi connectivity index (χ1n) is 5.23. The highest BCUT2D eigenvalue weighted by atomic mass is 16.4. The number of nitrogens with one attached hydrogen (secondary N) is 1. The highest BCUT2D eigenvalue weighted by Gasteiger charge is 2.05. The molecule has 0 spiro atoms. The first-order valence-corrected chi connectivity index (χ1v) is 5.23. The van der Waals surface area contributed by atoms with E-state index in [1.807, 2.05) is 0 Å². The van der Waals surface area contributed by atoms with Gasteiger partial charge in [-0.1, -0.05) is 0 Å². The van der Waals surface area contributed by atoms with Gasteiger partial charge in [-0.15, -0.1) is 0 Å². The topological polar surface area (TPSA) is 99.5 Å². The summed E-state index contributed by atoms with van der Waals surface area (Å²) in [6.07, 6.45) is 3.82. The van der Waals surface area contributed by atoms with Crippen LogP contribution >= 0.6 is 0 Å². The zero-order chi connectivity index (χ0) is 12.7. The Kier molecular flexibility index (Phi) is 4.93. The van der Waals surface area contributed by atoms with Crippen molar-refractivity contribution in [2.24, 2.45) is 0 Å². The third-order valence-electron chi connectivity index (χ3n) is 2.09. The lowest BCUT2D eigenvalue weighted by atomic mass is 10.2. The summed E-state index contributed by atoms with van der Waals surface area (Å²) in [5, 5.41) is 20.1. The second-order valence-electron chi connectivity index (χ2n) is 3.54. The molecule has 0 aliphatic heterocycles. The third-order valence-corrected chi connectivity index (χ3v) is 2.09. The molecule has 6 heteroatoms. The summed E-state index contributed by atoms with van der Waals surface area (Å²) < 4.78 is 0. The van der Waals surface area contributed by atoms with Gasteiger partial charge in [0.15, 0.2) is 0 Å². The summed E-state index contributed by atoms with van der Waals surface area (Å²) in [5.74, 6) is -1.24. The van der Waals surface area contributed by atoms with Crippen molar-refractivity contribution < 1.29 is 19.8 Å². The van der Waals surface area contributed by atoms with E-state index in [1.54, 1.807) is 0 Å². The SMILES string of the molecule is O=C(O)CCCCNC(=O)c1cncc(O)c1. The fourth-order valence-corrected chi connectivity index (χ4v) is 1.26. The average Bonchev–Trinajstić information content (AvgIpc) is 2.28. The number of aromatic hydroxyl groups is 1. The van der Waals surface area contributed by atoms with Crippen LogP contribution in [0.4, 0.5) is 0 Å². The monoisotopic (exact) mass is 238 g/mol. The van der Waals surface area contributed by atoms with Crippen LogP contribution in [0.15, 0.2) is 18.5 Å². The number of carbonyl (C=O) groups excluding carboxylic acids is 1. The Morgan fingerprint density at radius 1 is 1.29 bits per heavy atom.